The van der Waals surface area contributed by atoms with Gasteiger partial charge in [-0.15, -0.1) is 12.4 Å². The number of hydrogen-bond donors (Lipinski definition) is 1. The van der Waals surface area contributed by atoms with E-state index in [2.05, 4.69) is 35.2 Å². The number of piperidine rings is 1. The molecule has 2 heterocycles. The molecule has 31 heavy (non-hydrogen) atoms. The molecule has 1 saturated carbocycles. The van der Waals surface area contributed by atoms with E-state index in [1.54, 1.807) is 6.07 Å². The van der Waals surface area contributed by atoms with Gasteiger partial charge in [-0.25, -0.2) is 0 Å². The number of carbonyl (C=O) groups excluding carboxylic acids is 1. The molecule has 6 heteroatoms. The van der Waals surface area contributed by atoms with Gasteiger partial charge in [-0.05, 0) is 42.2 Å². The lowest BCUT2D eigenvalue weighted by Gasteiger charge is -2.55. The third kappa shape index (κ3) is 3.79. The van der Waals surface area contributed by atoms with Crippen molar-refractivity contribution in [2.24, 2.45) is 22.6 Å². The minimum atomic E-state index is -0.385. The summed E-state index contributed by atoms with van der Waals surface area (Å²) in [5.41, 5.74) is 10.6. The predicted molar refractivity (Wildman–Crippen MR) is 125 cm³/mol. The fourth-order valence-corrected chi connectivity index (χ4v) is 6.04. The number of para-hydroxylation sites is 1. The van der Waals surface area contributed by atoms with Gasteiger partial charge in [0.05, 0.1) is 5.69 Å². The van der Waals surface area contributed by atoms with E-state index in [1.807, 2.05) is 19.2 Å². The monoisotopic (exact) mass is 439 g/mol. The highest BCUT2D eigenvalue weighted by molar-refractivity contribution is 5.95. The van der Waals surface area contributed by atoms with Gasteiger partial charge in [0.2, 0.25) is 5.91 Å². The molecule has 2 bridgehead atoms. The molecule has 2 aromatic carbocycles. The van der Waals surface area contributed by atoms with Crippen LogP contribution in [0.1, 0.15) is 40.7 Å². The molecule has 3 aliphatic rings. The normalized spacial score (nSPS) is 27.2. The first-order valence-corrected chi connectivity index (χ1v) is 10.9. The van der Waals surface area contributed by atoms with Crippen LogP contribution in [0.15, 0.2) is 53.5 Å². The Bertz CT molecular complexity index is 992. The van der Waals surface area contributed by atoms with Crippen molar-refractivity contribution in [3.63, 3.8) is 0 Å². The van der Waals surface area contributed by atoms with Gasteiger partial charge in [-0.2, -0.15) is 0 Å². The Morgan fingerprint density at radius 2 is 1.90 bits per heavy atom. The topological polar surface area (TPSA) is 67.9 Å². The first kappa shape index (κ1) is 22.0. The number of ether oxygens (including phenoxy) is 1. The van der Waals surface area contributed by atoms with Gasteiger partial charge in [-0.3, -0.25) is 14.7 Å². The number of aliphatic imine (C=N–C) groups is 1. The van der Waals surface area contributed by atoms with Gasteiger partial charge < -0.3 is 10.5 Å². The maximum atomic E-state index is 11.8. The highest BCUT2D eigenvalue weighted by atomic mass is 35.5. The molecule has 2 fully saturated rings. The minimum absolute atomic E-state index is 0. The first-order valence-electron chi connectivity index (χ1n) is 10.9. The number of primary amides is 1. The summed E-state index contributed by atoms with van der Waals surface area (Å²) in [6.07, 6.45) is 4.46. The molecule has 2 aromatic rings. The van der Waals surface area contributed by atoms with Crippen LogP contribution in [0.2, 0.25) is 0 Å². The summed E-state index contributed by atoms with van der Waals surface area (Å²) in [5.74, 6) is 0.398. The third-order valence-corrected chi connectivity index (χ3v) is 7.28. The van der Waals surface area contributed by atoms with E-state index in [9.17, 15) is 4.79 Å². The molecule has 2 atom stereocenters. The summed E-state index contributed by atoms with van der Waals surface area (Å²) in [6, 6.07) is 16.2. The van der Waals surface area contributed by atoms with Crippen molar-refractivity contribution >= 4 is 29.7 Å². The van der Waals surface area contributed by atoms with Crippen molar-refractivity contribution in [3.05, 3.63) is 65.2 Å². The Morgan fingerprint density at radius 3 is 2.58 bits per heavy atom. The molecule has 5 nitrogen and oxygen atoms in total. The molecule has 1 amide bonds. The summed E-state index contributed by atoms with van der Waals surface area (Å²) in [7, 11) is 1.83. The summed E-state index contributed by atoms with van der Waals surface area (Å²) in [5, 5.41) is 0. The fourth-order valence-electron chi connectivity index (χ4n) is 6.04. The zero-order chi connectivity index (χ0) is 20.7. The molecule has 164 valence electrons. The van der Waals surface area contributed by atoms with Crippen molar-refractivity contribution < 1.29 is 9.53 Å². The maximum absolute atomic E-state index is 11.8. The predicted octanol–water partition coefficient (Wildman–Crippen LogP) is 4.11. The third-order valence-electron chi connectivity index (χ3n) is 7.28. The van der Waals surface area contributed by atoms with E-state index < -0.39 is 0 Å². The average Bonchev–Trinajstić information content (AvgIpc) is 3.15. The molecular formula is C25H30ClN3O2. The molecule has 2 aliphatic heterocycles. The number of amides is 1. The van der Waals surface area contributed by atoms with Crippen LogP contribution in [0.4, 0.5) is 5.69 Å². The Kier molecular flexibility index (Phi) is 6.20. The summed E-state index contributed by atoms with van der Waals surface area (Å²) < 4.78 is 6.33. The van der Waals surface area contributed by atoms with E-state index in [4.69, 9.17) is 15.5 Å². The second-order valence-corrected chi connectivity index (χ2v) is 8.94. The van der Waals surface area contributed by atoms with Crippen molar-refractivity contribution in [1.82, 2.24) is 4.90 Å². The summed E-state index contributed by atoms with van der Waals surface area (Å²) >= 11 is 0. The van der Waals surface area contributed by atoms with Crippen LogP contribution >= 0.6 is 12.4 Å². The molecule has 0 radical (unpaired) electrons. The van der Waals surface area contributed by atoms with Gasteiger partial charge in [0.25, 0.3) is 0 Å². The SMILES string of the molecule is COC1(c2cccc(C(N)=O)c2)C2CCCC1CN(CC1=Nc3ccccc3C1)C2.Cl. The largest absolute Gasteiger partial charge is 0.373 e. The van der Waals surface area contributed by atoms with E-state index in [0.717, 1.165) is 50.1 Å². The molecule has 5 rings (SSSR count). The first-order chi connectivity index (χ1) is 14.6. The number of methoxy groups -OCH3 is 1. The van der Waals surface area contributed by atoms with Crippen LogP contribution in [0.25, 0.3) is 0 Å². The van der Waals surface area contributed by atoms with Crippen LogP contribution in [0.3, 0.4) is 0 Å². The summed E-state index contributed by atoms with van der Waals surface area (Å²) in [4.78, 5) is 19.2. The number of likely N-dealkylation sites (tertiary alicyclic amines) is 1. The summed E-state index contributed by atoms with van der Waals surface area (Å²) in [6.45, 7) is 2.89. The second kappa shape index (κ2) is 8.73. The Balaban J connectivity index is 0.00000231. The number of nitrogens with zero attached hydrogens (tertiary/aromatic N) is 2. The standard InChI is InChI=1S/C25H29N3O2.ClH/c1-30-25(19-8-4-7-18(12-19)24(26)29)20-9-5-10-21(25)15-28(14-20)16-22-13-17-6-2-3-11-23(17)27-22;/h2-4,6-8,11-12,20-21H,5,9-10,13-16H2,1H3,(H2,26,29);1H. The highest BCUT2D eigenvalue weighted by Gasteiger charge is 2.53. The molecule has 0 aromatic heterocycles. The molecular weight excluding hydrogens is 410 g/mol. The number of halogens is 1. The van der Waals surface area contributed by atoms with Gasteiger partial charge in [0, 0.05) is 56.3 Å². The van der Waals surface area contributed by atoms with E-state index >= 15 is 0 Å². The maximum Gasteiger partial charge on any atom is 0.248 e. The van der Waals surface area contributed by atoms with Crippen molar-refractivity contribution in [3.8, 4) is 0 Å². The van der Waals surface area contributed by atoms with Crippen LogP contribution in [0.5, 0.6) is 0 Å². The number of fused-ring (bicyclic) bond motifs is 3. The van der Waals surface area contributed by atoms with Crippen LogP contribution in [0, 0.1) is 11.8 Å². The quantitative estimate of drug-likeness (QED) is 0.762. The number of nitrogens with two attached hydrogens (primary N) is 1. The second-order valence-electron chi connectivity index (χ2n) is 8.94. The number of hydrogen-bond acceptors (Lipinski definition) is 4. The lowest BCUT2D eigenvalue weighted by Crippen LogP contribution is -2.59. The van der Waals surface area contributed by atoms with Gasteiger partial charge in [-0.1, -0.05) is 36.8 Å². The molecule has 1 saturated heterocycles. The Morgan fingerprint density at radius 1 is 1.16 bits per heavy atom. The van der Waals surface area contributed by atoms with Gasteiger partial charge >= 0.3 is 0 Å². The van der Waals surface area contributed by atoms with E-state index in [1.165, 1.54) is 17.7 Å². The molecule has 2 N–H and O–H groups in total. The number of carbonyl (C=O) groups is 1. The van der Waals surface area contributed by atoms with Gasteiger partial charge in [0.1, 0.15) is 5.60 Å². The highest BCUT2D eigenvalue weighted by Crippen LogP contribution is 2.51. The Labute approximate surface area is 190 Å². The number of benzene rings is 2. The molecule has 2 unspecified atom stereocenters. The van der Waals surface area contributed by atoms with Gasteiger partial charge in [0.15, 0.2) is 0 Å². The number of rotatable bonds is 5. The van der Waals surface area contributed by atoms with Crippen LogP contribution < -0.4 is 5.73 Å². The van der Waals surface area contributed by atoms with Crippen LogP contribution in [-0.2, 0) is 16.8 Å². The fraction of sp³-hybridized carbons (Fsp3) is 0.440. The van der Waals surface area contributed by atoms with Crippen molar-refractivity contribution in [2.75, 3.05) is 26.7 Å². The lowest BCUT2D eigenvalue weighted by molar-refractivity contribution is -0.167. The van der Waals surface area contributed by atoms with Crippen LogP contribution in [-0.4, -0.2) is 43.3 Å². The lowest BCUT2D eigenvalue weighted by atomic mass is 9.62. The van der Waals surface area contributed by atoms with Crippen molar-refractivity contribution in [2.45, 2.75) is 31.3 Å². The average molecular weight is 440 g/mol. The zero-order valence-electron chi connectivity index (χ0n) is 17.9. The van der Waals surface area contributed by atoms with E-state index in [0.29, 0.717) is 17.4 Å². The molecule has 0 spiro atoms. The smallest absolute Gasteiger partial charge is 0.248 e. The van der Waals surface area contributed by atoms with E-state index in [-0.39, 0.29) is 23.9 Å². The minimum Gasteiger partial charge on any atom is -0.373 e. The molecule has 1 aliphatic carbocycles. The Hall–Kier alpha value is -2.21. The van der Waals surface area contributed by atoms with Crippen molar-refractivity contribution in [1.29, 1.82) is 0 Å². The zero-order valence-corrected chi connectivity index (χ0v) is 18.7.